The van der Waals surface area contributed by atoms with Crippen LogP contribution in [0, 0.1) is 13.8 Å². The van der Waals surface area contributed by atoms with E-state index in [0.717, 1.165) is 76.2 Å². The number of rotatable bonds is 73. The van der Waals surface area contributed by atoms with E-state index in [0.29, 0.717) is 0 Å². The summed E-state index contributed by atoms with van der Waals surface area (Å²) in [5.41, 5.74) is 22.0. The predicted molar refractivity (Wildman–Crippen MR) is 456 cm³/mol. The average molecular weight is 1490 g/mol. The molecule has 0 unspecified atom stereocenters. The molecule has 0 atom stereocenters. The monoisotopic (exact) mass is 1490 g/mol. The normalized spacial score (nSPS) is 11.4. The number of hydrogen-bond donors (Lipinski definition) is 0. The van der Waals surface area contributed by atoms with Gasteiger partial charge < -0.3 is 19.4 Å². The Hall–Kier alpha value is -2.00. The molecule has 0 heterocycles. The van der Waals surface area contributed by atoms with Crippen molar-refractivity contribution in [2.45, 2.75) is 518 Å². The second kappa shape index (κ2) is 83.6. The Morgan fingerprint density at radius 3 is 0.723 bits per heavy atom. The molecule has 0 radical (unpaired) electrons. The van der Waals surface area contributed by atoms with E-state index in [1.165, 1.54) is 436 Å². The van der Waals surface area contributed by atoms with Crippen LogP contribution >= 0.6 is 0 Å². The van der Waals surface area contributed by atoms with E-state index < -0.39 is 0 Å². The van der Waals surface area contributed by atoms with Crippen LogP contribution in [0.25, 0.3) is 11.1 Å². The van der Waals surface area contributed by atoms with Crippen molar-refractivity contribution in [2.24, 2.45) is 0 Å². The fraction of sp³-hybridized carbons (Fsp3) is 0.816. The summed E-state index contributed by atoms with van der Waals surface area (Å²) in [6, 6.07) is 14.7. The molecule has 0 aliphatic heterocycles. The molecule has 0 aliphatic carbocycles. The second-order valence-electron chi connectivity index (χ2n) is 31.5. The minimum absolute atomic E-state index is 0. The van der Waals surface area contributed by atoms with Crippen LogP contribution in [0.4, 0.5) is 0 Å². The summed E-state index contributed by atoms with van der Waals surface area (Å²) in [6.45, 7) is 26.1. The second-order valence-corrected chi connectivity index (χ2v) is 31.5. The molecule has 2 nitrogen and oxygen atoms in total. The van der Waals surface area contributed by atoms with Crippen LogP contribution in [0.3, 0.4) is 0 Å². The summed E-state index contributed by atoms with van der Waals surface area (Å²) in [6.07, 6.45) is 99.0. The van der Waals surface area contributed by atoms with Crippen LogP contribution in [0.5, 0.6) is 0 Å². The Morgan fingerprint density at radius 2 is 0.485 bits per heavy atom. The molecule has 0 N–H and O–H groups in total. The summed E-state index contributed by atoms with van der Waals surface area (Å²) < 4.78 is 0. The molecule has 0 saturated heterocycles. The maximum Gasteiger partial charge on any atom is 2.00 e. The molecule has 0 spiro atoms. The summed E-state index contributed by atoms with van der Waals surface area (Å²) >= 11 is 0. The zero-order valence-electron chi connectivity index (χ0n) is 70.0. The SMILES string of the molecule is CCCCCCCCC(C(=C=[N+]=[N-])CCCC)=C(c1cc(CC)cc(CC)c1)c1cc(CCCCC)cc(CCCCC)c1.[CH2-]CCCCCCCCCCCCCCCCCCCCCCCCCCC.[CH2-]CCCCCCCCCCCCCCCCCCCCCCCCCCC.[Pd+2]. The van der Waals surface area contributed by atoms with Gasteiger partial charge in [-0.2, -0.15) is 12.8 Å². The minimum atomic E-state index is 0. The molecule has 0 amide bonds. The topological polar surface area (TPSA) is 36.4 Å². The van der Waals surface area contributed by atoms with Gasteiger partial charge in [0.25, 0.3) is 0 Å². The van der Waals surface area contributed by atoms with Gasteiger partial charge in [0.1, 0.15) is 0 Å². The molecule has 590 valence electrons. The third-order valence-corrected chi connectivity index (χ3v) is 21.8. The van der Waals surface area contributed by atoms with Crippen LogP contribution in [0.15, 0.2) is 47.5 Å². The predicted octanol–water partition coefficient (Wildman–Crippen LogP) is 34.8. The van der Waals surface area contributed by atoms with Crippen molar-refractivity contribution < 1.29 is 25.2 Å². The van der Waals surface area contributed by atoms with E-state index >= 15 is 0 Å². The molecule has 0 aliphatic rings. The van der Waals surface area contributed by atoms with Gasteiger partial charge in [0.15, 0.2) is 0 Å². The molecule has 0 bridgehead atoms. The van der Waals surface area contributed by atoms with Crippen LogP contribution in [0.2, 0.25) is 0 Å². The Kier molecular flexibility index (Phi) is 83.7. The quantitative estimate of drug-likeness (QED) is 0.0120. The first-order chi connectivity index (χ1) is 49.4. The van der Waals surface area contributed by atoms with Crippen molar-refractivity contribution in [1.82, 2.24) is 0 Å². The van der Waals surface area contributed by atoms with Gasteiger partial charge in [0.05, 0.1) is 5.57 Å². The fourth-order valence-corrected chi connectivity index (χ4v) is 15.0. The molecular weight excluding hydrogens is 1310 g/mol. The van der Waals surface area contributed by atoms with Gasteiger partial charge in [-0.25, -0.2) is 0 Å². The Balaban J connectivity index is 0. The number of aryl methyl sites for hydroxylation is 4. The Labute approximate surface area is 650 Å². The molecular formula is C98H178N2Pd. The van der Waals surface area contributed by atoms with Gasteiger partial charge in [-0.05, 0) is 109 Å². The molecule has 0 fully saturated rings. The number of benzene rings is 2. The molecule has 0 saturated carbocycles. The van der Waals surface area contributed by atoms with E-state index in [1.54, 1.807) is 0 Å². The van der Waals surface area contributed by atoms with E-state index in [4.69, 9.17) is 0 Å². The molecule has 2 aromatic rings. The molecule has 3 heteroatoms. The van der Waals surface area contributed by atoms with Gasteiger partial charge in [-0.15, -0.1) is 4.79 Å². The smallest absolute Gasteiger partial charge is 0.348 e. The minimum Gasteiger partial charge on any atom is -0.348 e. The van der Waals surface area contributed by atoms with Crippen LogP contribution < -0.4 is 0 Å². The average Bonchev–Trinajstić information content (AvgIpc) is 0.789. The van der Waals surface area contributed by atoms with Crippen molar-refractivity contribution in [3.05, 3.63) is 100 Å². The van der Waals surface area contributed by atoms with Crippen molar-refractivity contribution in [3.8, 4) is 0 Å². The summed E-state index contributed by atoms with van der Waals surface area (Å²) in [4.78, 5) is 3.53. The largest absolute Gasteiger partial charge is 2.00 e. The molecule has 2 aromatic carbocycles. The Bertz CT molecular complexity index is 1950. The third-order valence-electron chi connectivity index (χ3n) is 21.8. The zero-order valence-corrected chi connectivity index (χ0v) is 71.6. The van der Waals surface area contributed by atoms with E-state index in [1.807, 2.05) is 0 Å². The standard InChI is InChI=1S/C42H64N2.2C28H57.Pd/c1-7-13-17-18-19-22-26-41(38(33-44-43)25-16-10-4)42(39-29-34(11-5)27-35(12-6)30-39)40-31-36(23-20-14-8-2)28-37(32-40)24-21-15-9-3;2*1-3-5-7-9-11-13-15-17-19-21-23-25-27-28-26-24-22-20-18-16-14-12-10-8-6-4-2;/h27-32H,7-26H2,1-6H3;2*1,3-28H2,2H3;/q;2*-1;+2. The maximum atomic E-state index is 9.84. The number of unbranched alkanes of at least 4 members (excludes halogenated alkanes) is 60. The summed E-state index contributed by atoms with van der Waals surface area (Å²) in [5, 5.41) is 0. The van der Waals surface area contributed by atoms with Crippen molar-refractivity contribution in [2.75, 3.05) is 0 Å². The van der Waals surface area contributed by atoms with E-state index in [9.17, 15) is 5.53 Å². The van der Waals surface area contributed by atoms with E-state index in [2.05, 4.69) is 116 Å². The maximum absolute atomic E-state index is 9.84. The van der Waals surface area contributed by atoms with Crippen LogP contribution in [-0.4, -0.2) is 10.7 Å². The van der Waals surface area contributed by atoms with Gasteiger partial charge in [-0.1, -0.05) is 477 Å². The summed E-state index contributed by atoms with van der Waals surface area (Å²) in [7, 11) is 0. The first-order valence-electron chi connectivity index (χ1n) is 45.9. The van der Waals surface area contributed by atoms with E-state index in [-0.39, 0.29) is 20.4 Å². The third kappa shape index (κ3) is 66.0. The molecule has 0 aromatic heterocycles. The van der Waals surface area contributed by atoms with Crippen LogP contribution in [0.1, 0.15) is 525 Å². The van der Waals surface area contributed by atoms with Gasteiger partial charge in [0.2, 0.25) is 0 Å². The first-order valence-corrected chi connectivity index (χ1v) is 45.9. The molecule has 101 heavy (non-hydrogen) atoms. The fourth-order valence-electron chi connectivity index (χ4n) is 15.0. The number of hydrogen-bond acceptors (Lipinski definition) is 0. The number of allylic oxidation sites excluding steroid dienone is 2. The van der Waals surface area contributed by atoms with Gasteiger partial charge in [-0.3, -0.25) is 0 Å². The van der Waals surface area contributed by atoms with Crippen molar-refractivity contribution in [3.63, 3.8) is 0 Å². The zero-order chi connectivity index (χ0) is 72.8. The van der Waals surface area contributed by atoms with Crippen LogP contribution in [-0.2, 0) is 46.1 Å². The Morgan fingerprint density at radius 1 is 0.267 bits per heavy atom. The summed E-state index contributed by atoms with van der Waals surface area (Å²) in [5.74, 6) is 3.11. The van der Waals surface area contributed by atoms with Gasteiger partial charge >= 0.3 is 26.3 Å². The van der Waals surface area contributed by atoms with Gasteiger partial charge in [0, 0.05) is 0 Å². The number of nitrogens with zero attached hydrogens (tertiary/aromatic N) is 2. The first kappa shape index (κ1) is 101. The van der Waals surface area contributed by atoms with Crippen molar-refractivity contribution in [1.29, 1.82) is 0 Å². The molecule has 2 rings (SSSR count). The van der Waals surface area contributed by atoms with Crippen molar-refractivity contribution >= 4 is 11.4 Å².